The molecule has 2 fully saturated rings. The van der Waals surface area contributed by atoms with Gasteiger partial charge in [-0.3, -0.25) is 14.6 Å². The normalized spacial score (nSPS) is 29.2. The molecule has 29 heavy (non-hydrogen) atoms. The molecule has 2 aromatic rings. The average molecular weight is 391 g/mol. The second-order valence-electron chi connectivity index (χ2n) is 7.67. The number of anilines is 1. The van der Waals surface area contributed by atoms with Crippen LogP contribution in [0.25, 0.3) is 0 Å². The smallest absolute Gasteiger partial charge is 0.231 e. The maximum Gasteiger partial charge on any atom is 0.231 e. The van der Waals surface area contributed by atoms with E-state index in [2.05, 4.69) is 10.3 Å². The molecule has 0 aliphatic carbocycles. The number of amides is 2. The number of nitrogens with one attached hydrogen (secondary N) is 1. The largest absolute Gasteiger partial charge is 0.497 e. The van der Waals surface area contributed by atoms with E-state index in [-0.39, 0.29) is 17.9 Å². The van der Waals surface area contributed by atoms with Gasteiger partial charge >= 0.3 is 0 Å². The Kier molecular flexibility index (Phi) is 4.13. The topological polar surface area (TPSA) is 80.8 Å². The molecule has 3 aliphatic rings. The number of ether oxygens (including phenoxy) is 2. The summed E-state index contributed by atoms with van der Waals surface area (Å²) in [5, 5.41) is 2.93. The minimum atomic E-state index is -0.712. The number of benzene rings is 1. The maximum atomic E-state index is 13.2. The molecule has 5 rings (SSSR count). The van der Waals surface area contributed by atoms with Crippen molar-refractivity contribution in [2.24, 2.45) is 11.8 Å². The van der Waals surface area contributed by atoms with Crippen LogP contribution in [0.4, 0.5) is 5.69 Å². The van der Waals surface area contributed by atoms with Crippen LogP contribution in [0.15, 0.2) is 60.9 Å². The van der Waals surface area contributed by atoms with E-state index in [9.17, 15) is 9.59 Å². The number of carbonyl (C=O) groups excluding carboxylic acids is 2. The molecule has 3 aliphatic heterocycles. The second-order valence-corrected chi connectivity index (χ2v) is 7.67. The third kappa shape index (κ3) is 2.89. The first-order valence-electron chi connectivity index (χ1n) is 9.59. The van der Waals surface area contributed by atoms with Gasteiger partial charge in [0.1, 0.15) is 11.4 Å². The van der Waals surface area contributed by atoms with Gasteiger partial charge in [-0.05, 0) is 42.0 Å². The van der Waals surface area contributed by atoms with Gasteiger partial charge in [0.15, 0.2) is 0 Å². The lowest BCUT2D eigenvalue weighted by Crippen LogP contribution is -2.41. The number of aromatic nitrogens is 1. The average Bonchev–Trinajstić information content (AvgIpc) is 3.38. The first-order chi connectivity index (χ1) is 14.1. The van der Waals surface area contributed by atoms with Gasteiger partial charge in [-0.15, -0.1) is 0 Å². The molecule has 4 atom stereocenters. The first-order valence-corrected chi connectivity index (χ1v) is 9.59. The van der Waals surface area contributed by atoms with Gasteiger partial charge in [0.25, 0.3) is 0 Å². The van der Waals surface area contributed by atoms with E-state index in [0.29, 0.717) is 24.5 Å². The third-order valence-corrected chi connectivity index (χ3v) is 5.96. The summed E-state index contributed by atoms with van der Waals surface area (Å²) in [6, 6.07) is 10.9. The fourth-order valence-corrected chi connectivity index (χ4v) is 4.62. The summed E-state index contributed by atoms with van der Waals surface area (Å²) in [6.07, 6.45) is 6.93. The minimum absolute atomic E-state index is 0.0384. The van der Waals surface area contributed by atoms with Crippen LogP contribution < -0.4 is 10.1 Å². The van der Waals surface area contributed by atoms with Crippen molar-refractivity contribution in [3.63, 3.8) is 0 Å². The highest BCUT2D eigenvalue weighted by Crippen LogP contribution is 2.52. The fraction of sp³-hybridized carbons (Fsp3) is 0.318. The molecule has 0 unspecified atom stereocenters. The number of likely N-dealkylation sites (tertiary alicyclic amines) is 1. The SMILES string of the molecule is COc1ccc(NC(=O)[C@@H]2[C@@H]3C=C[C@@]4(CN(Cc5ccncc5)C(=O)[C@H]24)O3)cc1. The number of hydrogen-bond acceptors (Lipinski definition) is 5. The molecular weight excluding hydrogens is 370 g/mol. The Balaban J connectivity index is 1.36. The molecule has 4 heterocycles. The number of fused-ring (bicyclic) bond motifs is 1. The summed E-state index contributed by atoms with van der Waals surface area (Å²) in [6.45, 7) is 0.937. The van der Waals surface area contributed by atoms with E-state index in [1.165, 1.54) is 0 Å². The number of pyridine rings is 1. The lowest BCUT2D eigenvalue weighted by atomic mass is 9.77. The minimum Gasteiger partial charge on any atom is -0.497 e. The van der Waals surface area contributed by atoms with E-state index in [1.807, 2.05) is 24.3 Å². The fourth-order valence-electron chi connectivity index (χ4n) is 4.62. The summed E-state index contributed by atoms with van der Waals surface area (Å²) in [5.41, 5.74) is 0.953. The summed E-state index contributed by atoms with van der Waals surface area (Å²) in [4.78, 5) is 32.1. The predicted octanol–water partition coefficient (Wildman–Crippen LogP) is 2.01. The lowest BCUT2D eigenvalue weighted by molar-refractivity contribution is -0.136. The monoisotopic (exact) mass is 391 g/mol. The molecule has 1 aromatic carbocycles. The number of carbonyl (C=O) groups is 2. The highest BCUT2D eigenvalue weighted by molar-refractivity contribution is 5.99. The van der Waals surface area contributed by atoms with E-state index >= 15 is 0 Å². The lowest BCUT2D eigenvalue weighted by Gasteiger charge is -2.23. The molecule has 0 radical (unpaired) electrons. The van der Waals surface area contributed by atoms with E-state index in [0.717, 1.165) is 5.56 Å². The Morgan fingerprint density at radius 1 is 1.28 bits per heavy atom. The van der Waals surface area contributed by atoms with Gasteiger partial charge in [-0.25, -0.2) is 0 Å². The second kappa shape index (κ2) is 6.70. The summed E-state index contributed by atoms with van der Waals surface area (Å²) in [7, 11) is 1.59. The summed E-state index contributed by atoms with van der Waals surface area (Å²) < 4.78 is 11.3. The van der Waals surface area contributed by atoms with E-state index < -0.39 is 17.4 Å². The van der Waals surface area contributed by atoms with Crippen LogP contribution in [-0.2, 0) is 20.9 Å². The van der Waals surface area contributed by atoms with Crippen LogP contribution in [0, 0.1) is 11.8 Å². The van der Waals surface area contributed by atoms with Gasteiger partial charge in [0.2, 0.25) is 11.8 Å². The number of nitrogens with zero attached hydrogens (tertiary/aromatic N) is 2. The zero-order chi connectivity index (χ0) is 20.0. The molecule has 1 spiro atoms. The molecule has 1 N–H and O–H groups in total. The molecule has 2 amide bonds. The van der Waals surface area contributed by atoms with Crippen LogP contribution in [0.1, 0.15) is 5.56 Å². The van der Waals surface area contributed by atoms with Gasteiger partial charge in [-0.2, -0.15) is 0 Å². The highest BCUT2D eigenvalue weighted by atomic mass is 16.5. The van der Waals surface area contributed by atoms with Gasteiger partial charge in [-0.1, -0.05) is 12.2 Å². The molecule has 7 heteroatoms. The Morgan fingerprint density at radius 2 is 2.03 bits per heavy atom. The van der Waals surface area contributed by atoms with Crippen molar-refractivity contribution >= 4 is 17.5 Å². The number of hydrogen-bond donors (Lipinski definition) is 1. The van der Waals surface area contributed by atoms with Crippen LogP contribution in [0.3, 0.4) is 0 Å². The Hall–Kier alpha value is -3.19. The van der Waals surface area contributed by atoms with Gasteiger partial charge in [0, 0.05) is 24.6 Å². The molecule has 7 nitrogen and oxygen atoms in total. The Bertz CT molecular complexity index is 975. The Morgan fingerprint density at radius 3 is 2.76 bits per heavy atom. The van der Waals surface area contributed by atoms with Crippen molar-refractivity contribution in [3.8, 4) is 5.75 Å². The molecule has 2 saturated heterocycles. The molecular formula is C22H21N3O4. The Labute approximate surface area is 168 Å². The molecule has 0 saturated carbocycles. The molecule has 2 bridgehead atoms. The van der Waals surface area contributed by atoms with Crippen molar-refractivity contribution in [3.05, 3.63) is 66.5 Å². The number of rotatable bonds is 5. The maximum absolute atomic E-state index is 13.2. The van der Waals surface area contributed by atoms with Crippen LogP contribution >= 0.6 is 0 Å². The van der Waals surface area contributed by atoms with Crippen molar-refractivity contribution in [2.75, 3.05) is 19.0 Å². The van der Waals surface area contributed by atoms with Crippen LogP contribution in [0.5, 0.6) is 5.75 Å². The summed E-state index contributed by atoms with van der Waals surface area (Å²) >= 11 is 0. The molecule has 148 valence electrons. The zero-order valence-electron chi connectivity index (χ0n) is 15.9. The van der Waals surface area contributed by atoms with Gasteiger partial charge in [0.05, 0.1) is 31.6 Å². The van der Waals surface area contributed by atoms with E-state index in [1.54, 1.807) is 48.7 Å². The zero-order valence-corrected chi connectivity index (χ0v) is 15.9. The van der Waals surface area contributed by atoms with Crippen molar-refractivity contribution in [1.82, 2.24) is 9.88 Å². The van der Waals surface area contributed by atoms with Crippen molar-refractivity contribution in [1.29, 1.82) is 0 Å². The summed E-state index contributed by atoms with van der Waals surface area (Å²) in [5.74, 6) is -0.570. The van der Waals surface area contributed by atoms with E-state index in [4.69, 9.17) is 9.47 Å². The van der Waals surface area contributed by atoms with Crippen LogP contribution in [0.2, 0.25) is 0 Å². The van der Waals surface area contributed by atoms with Crippen LogP contribution in [-0.4, -0.2) is 47.1 Å². The number of methoxy groups -OCH3 is 1. The quantitative estimate of drug-likeness (QED) is 0.789. The predicted molar refractivity (Wildman–Crippen MR) is 105 cm³/mol. The highest BCUT2D eigenvalue weighted by Gasteiger charge is 2.66. The third-order valence-electron chi connectivity index (χ3n) is 5.96. The molecule has 1 aromatic heterocycles. The van der Waals surface area contributed by atoms with Crippen molar-refractivity contribution in [2.45, 2.75) is 18.2 Å². The van der Waals surface area contributed by atoms with Gasteiger partial charge < -0.3 is 19.7 Å². The first kappa shape index (κ1) is 17.9. The van der Waals surface area contributed by atoms with Crippen molar-refractivity contribution < 1.29 is 19.1 Å². The standard InChI is InChI=1S/C22H21N3O4/c1-28-16-4-2-15(3-5-16)24-20(26)18-17-6-9-22(29-17)13-25(21(27)19(18)22)12-14-7-10-23-11-8-14/h2-11,17-19H,12-13H2,1H3,(H,24,26)/t17-,18+,19-,22-/m0/s1.